The summed E-state index contributed by atoms with van der Waals surface area (Å²) >= 11 is 0. The Balaban J connectivity index is 0.000000176. The summed E-state index contributed by atoms with van der Waals surface area (Å²) in [5.41, 5.74) is 13.2. The molecule has 4 aromatic rings. The van der Waals surface area contributed by atoms with Crippen LogP contribution < -0.4 is 0 Å². The molecule has 0 saturated carbocycles. The number of hydrogen-bond donors (Lipinski definition) is 0. The molecule has 0 unspecified atom stereocenters. The molecule has 158 valence electrons. The van der Waals surface area contributed by atoms with Gasteiger partial charge >= 0.3 is 0 Å². The number of nitrogens with zero attached hydrogens (tertiary/aromatic N) is 2. The van der Waals surface area contributed by atoms with Gasteiger partial charge in [-0.1, -0.05) is 59.2 Å². The quantitative estimate of drug-likeness (QED) is 0.340. The third-order valence-corrected chi connectivity index (χ3v) is 5.10. The van der Waals surface area contributed by atoms with Crippen LogP contribution in [0.15, 0.2) is 66.7 Å². The van der Waals surface area contributed by atoms with Gasteiger partial charge in [0.2, 0.25) is 0 Å². The number of aromatic nitrogens is 2. The van der Waals surface area contributed by atoms with Gasteiger partial charge in [0.05, 0.1) is 0 Å². The fraction of sp³-hybridized carbons (Fsp3) is 0.241. The van der Waals surface area contributed by atoms with E-state index in [1.165, 1.54) is 38.9 Å². The van der Waals surface area contributed by atoms with Crippen LogP contribution in [0.4, 0.5) is 0 Å². The SMILES string of the molecule is Cc1cc(-c2cc(C)nc(C)c2)cc(C)n1.Cc1ccc(-c2cc(C)cc(C)c2)cc1. The molecule has 2 aromatic heterocycles. The fourth-order valence-electron chi connectivity index (χ4n) is 3.89. The smallest absolute Gasteiger partial charge is 0.0382 e. The Morgan fingerprint density at radius 2 is 0.710 bits per heavy atom. The molecule has 0 aliphatic heterocycles. The summed E-state index contributed by atoms with van der Waals surface area (Å²) in [4.78, 5) is 8.78. The van der Waals surface area contributed by atoms with Crippen LogP contribution in [0.2, 0.25) is 0 Å². The van der Waals surface area contributed by atoms with Crippen LogP contribution in [0.5, 0.6) is 0 Å². The van der Waals surface area contributed by atoms with E-state index in [9.17, 15) is 0 Å². The van der Waals surface area contributed by atoms with Gasteiger partial charge in [-0.2, -0.15) is 0 Å². The Morgan fingerprint density at radius 3 is 1.10 bits per heavy atom. The monoisotopic (exact) mass is 408 g/mol. The largest absolute Gasteiger partial charge is 0.258 e. The van der Waals surface area contributed by atoms with Gasteiger partial charge in [0, 0.05) is 22.8 Å². The van der Waals surface area contributed by atoms with Crippen molar-refractivity contribution in [1.29, 1.82) is 0 Å². The van der Waals surface area contributed by atoms with Crippen LogP contribution >= 0.6 is 0 Å². The molecule has 0 saturated heterocycles. The number of pyridine rings is 2. The first-order chi connectivity index (χ1) is 14.7. The Bertz CT molecular complexity index is 1080. The van der Waals surface area contributed by atoms with E-state index in [2.05, 4.69) is 97.5 Å². The van der Waals surface area contributed by atoms with E-state index in [1.807, 2.05) is 27.7 Å². The maximum Gasteiger partial charge on any atom is 0.0382 e. The molecule has 0 N–H and O–H groups in total. The molecule has 2 heteroatoms. The Kier molecular flexibility index (Phi) is 7.02. The van der Waals surface area contributed by atoms with E-state index in [0.29, 0.717) is 0 Å². The van der Waals surface area contributed by atoms with Gasteiger partial charge in [0.25, 0.3) is 0 Å². The minimum atomic E-state index is 1.06. The molecule has 0 aliphatic carbocycles. The summed E-state index contributed by atoms with van der Waals surface area (Å²) in [5.74, 6) is 0. The minimum absolute atomic E-state index is 1.06. The molecular formula is C29H32N2. The van der Waals surface area contributed by atoms with Gasteiger partial charge in [-0.15, -0.1) is 0 Å². The first-order valence-corrected chi connectivity index (χ1v) is 10.8. The highest BCUT2D eigenvalue weighted by atomic mass is 14.7. The normalized spacial score (nSPS) is 10.4. The van der Waals surface area contributed by atoms with Gasteiger partial charge in [0.15, 0.2) is 0 Å². The lowest BCUT2D eigenvalue weighted by Crippen LogP contribution is -1.91. The van der Waals surface area contributed by atoms with Gasteiger partial charge in [-0.25, -0.2) is 0 Å². The van der Waals surface area contributed by atoms with Crippen molar-refractivity contribution in [3.8, 4) is 22.3 Å². The van der Waals surface area contributed by atoms with Gasteiger partial charge in [-0.3, -0.25) is 9.97 Å². The standard InChI is InChI=1S/C15H16.C14H16N2/c1-11-4-6-14(7-5-11)15-9-12(2)8-13(3)10-15;1-9-5-13(6-10(2)15-9)14-7-11(3)16-12(4)8-14/h4-10H,1-3H3;5-8H,1-4H3. The molecule has 0 radical (unpaired) electrons. The zero-order chi connectivity index (χ0) is 22.5. The third kappa shape index (κ3) is 6.36. The van der Waals surface area contributed by atoms with Crippen LogP contribution in [0.3, 0.4) is 0 Å². The Morgan fingerprint density at radius 1 is 0.355 bits per heavy atom. The maximum absolute atomic E-state index is 4.39. The van der Waals surface area contributed by atoms with Gasteiger partial charge in [0.1, 0.15) is 0 Å². The zero-order valence-corrected chi connectivity index (χ0v) is 19.7. The van der Waals surface area contributed by atoms with Crippen molar-refractivity contribution < 1.29 is 0 Å². The van der Waals surface area contributed by atoms with Crippen LogP contribution in [0, 0.1) is 48.5 Å². The van der Waals surface area contributed by atoms with E-state index < -0.39 is 0 Å². The second-order valence-corrected chi connectivity index (χ2v) is 8.52. The lowest BCUT2D eigenvalue weighted by atomic mass is 10.00. The zero-order valence-electron chi connectivity index (χ0n) is 19.7. The number of aryl methyl sites for hydroxylation is 7. The average molecular weight is 409 g/mol. The van der Waals surface area contributed by atoms with Crippen LogP contribution in [-0.2, 0) is 0 Å². The van der Waals surface area contributed by atoms with Crippen molar-refractivity contribution in [2.75, 3.05) is 0 Å². The summed E-state index contributed by atoms with van der Waals surface area (Å²) in [6, 6.07) is 23.8. The van der Waals surface area contributed by atoms with Crippen molar-refractivity contribution in [1.82, 2.24) is 9.97 Å². The molecule has 31 heavy (non-hydrogen) atoms. The van der Waals surface area contributed by atoms with Crippen LogP contribution in [0.25, 0.3) is 22.3 Å². The predicted octanol–water partition coefficient (Wildman–Crippen LogP) is 7.66. The lowest BCUT2D eigenvalue weighted by molar-refractivity contribution is 1.11. The molecule has 0 amide bonds. The van der Waals surface area contributed by atoms with E-state index in [4.69, 9.17) is 0 Å². The topological polar surface area (TPSA) is 25.8 Å². The van der Waals surface area contributed by atoms with Crippen molar-refractivity contribution in [2.24, 2.45) is 0 Å². The highest BCUT2D eigenvalue weighted by Gasteiger charge is 2.03. The summed E-state index contributed by atoms with van der Waals surface area (Å²) in [5, 5.41) is 0. The highest BCUT2D eigenvalue weighted by Crippen LogP contribution is 2.23. The molecule has 0 atom stereocenters. The number of rotatable bonds is 2. The molecule has 4 rings (SSSR count). The predicted molar refractivity (Wildman–Crippen MR) is 133 cm³/mol. The van der Waals surface area contributed by atoms with Crippen molar-refractivity contribution >= 4 is 0 Å². The third-order valence-electron chi connectivity index (χ3n) is 5.10. The molecule has 0 fully saturated rings. The van der Waals surface area contributed by atoms with E-state index in [1.54, 1.807) is 0 Å². The van der Waals surface area contributed by atoms with E-state index in [-0.39, 0.29) is 0 Å². The summed E-state index contributed by atoms with van der Waals surface area (Å²) in [7, 11) is 0. The van der Waals surface area contributed by atoms with Gasteiger partial charge in [-0.05, 0) is 95.0 Å². The first kappa shape index (κ1) is 22.4. The van der Waals surface area contributed by atoms with Crippen LogP contribution in [-0.4, -0.2) is 9.97 Å². The highest BCUT2D eigenvalue weighted by molar-refractivity contribution is 5.66. The molecule has 2 nitrogen and oxygen atoms in total. The molecule has 0 aliphatic rings. The Labute approximate surface area is 187 Å². The molecule has 2 aromatic carbocycles. The fourth-order valence-corrected chi connectivity index (χ4v) is 3.89. The minimum Gasteiger partial charge on any atom is -0.258 e. The number of hydrogen-bond acceptors (Lipinski definition) is 2. The van der Waals surface area contributed by atoms with Crippen molar-refractivity contribution in [3.63, 3.8) is 0 Å². The second kappa shape index (κ2) is 9.70. The maximum atomic E-state index is 4.39. The van der Waals surface area contributed by atoms with Crippen molar-refractivity contribution in [2.45, 2.75) is 48.5 Å². The van der Waals surface area contributed by atoms with Crippen LogP contribution in [0.1, 0.15) is 39.5 Å². The molecule has 2 heterocycles. The summed E-state index contributed by atoms with van der Waals surface area (Å²) in [6.07, 6.45) is 0. The lowest BCUT2D eigenvalue weighted by Gasteiger charge is -2.06. The second-order valence-electron chi connectivity index (χ2n) is 8.52. The molecular weight excluding hydrogens is 376 g/mol. The number of benzene rings is 2. The summed E-state index contributed by atoms with van der Waals surface area (Å²) < 4.78 is 0. The van der Waals surface area contributed by atoms with Gasteiger partial charge < -0.3 is 0 Å². The van der Waals surface area contributed by atoms with E-state index >= 15 is 0 Å². The Hall–Kier alpha value is -3.26. The molecule has 0 bridgehead atoms. The van der Waals surface area contributed by atoms with Crippen molar-refractivity contribution in [3.05, 3.63) is 106 Å². The van der Waals surface area contributed by atoms with E-state index in [0.717, 1.165) is 22.8 Å². The first-order valence-electron chi connectivity index (χ1n) is 10.8. The molecule has 0 spiro atoms. The average Bonchev–Trinajstić information content (AvgIpc) is 2.67. The summed E-state index contributed by atoms with van der Waals surface area (Å²) in [6.45, 7) is 14.5.